The number of carbonyl (C=O) groups excluding carboxylic acids is 2. The molecule has 1 N–H and O–H groups in total. The molecule has 1 heterocycles. The molecule has 1 aliphatic rings. The SMILES string of the molecule is COc1ccc(NC(=O)c2ccc(N3CCCCC3=O)cc2)cc1OC. The Bertz CT molecular complexity index is 802. The predicted octanol–water partition coefficient (Wildman–Crippen LogP) is 3.47. The van der Waals surface area contributed by atoms with E-state index in [-0.39, 0.29) is 11.8 Å². The highest BCUT2D eigenvalue weighted by Gasteiger charge is 2.19. The largest absolute Gasteiger partial charge is 0.493 e. The van der Waals surface area contributed by atoms with Gasteiger partial charge in [0.25, 0.3) is 5.91 Å². The molecule has 0 bridgehead atoms. The summed E-state index contributed by atoms with van der Waals surface area (Å²) < 4.78 is 10.4. The number of anilines is 2. The van der Waals surface area contributed by atoms with Crippen LogP contribution >= 0.6 is 0 Å². The Morgan fingerprint density at radius 2 is 1.73 bits per heavy atom. The number of benzene rings is 2. The molecule has 0 atom stereocenters. The highest BCUT2D eigenvalue weighted by Crippen LogP contribution is 2.30. The normalized spacial score (nSPS) is 14.1. The number of amides is 2. The van der Waals surface area contributed by atoms with Crippen molar-refractivity contribution in [3.63, 3.8) is 0 Å². The van der Waals surface area contributed by atoms with Crippen LogP contribution in [0.25, 0.3) is 0 Å². The van der Waals surface area contributed by atoms with Crippen LogP contribution in [0.15, 0.2) is 42.5 Å². The number of methoxy groups -OCH3 is 2. The van der Waals surface area contributed by atoms with Gasteiger partial charge >= 0.3 is 0 Å². The fraction of sp³-hybridized carbons (Fsp3) is 0.300. The molecule has 3 rings (SSSR count). The molecule has 0 aliphatic carbocycles. The molecular formula is C20H22N2O4. The summed E-state index contributed by atoms with van der Waals surface area (Å²) in [4.78, 5) is 26.2. The Balaban J connectivity index is 1.71. The van der Waals surface area contributed by atoms with Crippen molar-refractivity contribution in [3.8, 4) is 11.5 Å². The third-order valence-corrected chi connectivity index (χ3v) is 4.41. The lowest BCUT2D eigenvalue weighted by atomic mass is 10.1. The fourth-order valence-electron chi connectivity index (χ4n) is 2.99. The molecule has 136 valence electrons. The van der Waals surface area contributed by atoms with Crippen molar-refractivity contribution in [1.29, 1.82) is 0 Å². The van der Waals surface area contributed by atoms with Crippen molar-refractivity contribution in [2.24, 2.45) is 0 Å². The minimum Gasteiger partial charge on any atom is -0.493 e. The van der Waals surface area contributed by atoms with Crippen LogP contribution in [0.4, 0.5) is 11.4 Å². The molecule has 0 saturated carbocycles. The third-order valence-electron chi connectivity index (χ3n) is 4.41. The molecule has 0 aromatic heterocycles. The summed E-state index contributed by atoms with van der Waals surface area (Å²) in [6.07, 6.45) is 2.54. The minimum absolute atomic E-state index is 0.138. The lowest BCUT2D eigenvalue weighted by molar-refractivity contribution is -0.119. The number of piperidine rings is 1. The maximum atomic E-state index is 12.5. The van der Waals surface area contributed by atoms with Crippen LogP contribution in [0.1, 0.15) is 29.6 Å². The zero-order valence-electron chi connectivity index (χ0n) is 15.0. The molecule has 1 aliphatic heterocycles. The summed E-state index contributed by atoms with van der Waals surface area (Å²) in [5.74, 6) is 1.05. The van der Waals surface area contributed by atoms with E-state index in [0.717, 1.165) is 25.1 Å². The van der Waals surface area contributed by atoms with Crippen molar-refractivity contribution in [3.05, 3.63) is 48.0 Å². The molecule has 2 aromatic rings. The maximum absolute atomic E-state index is 12.5. The Hall–Kier alpha value is -3.02. The van der Waals surface area contributed by atoms with E-state index in [1.165, 1.54) is 0 Å². The van der Waals surface area contributed by atoms with Crippen molar-refractivity contribution >= 4 is 23.2 Å². The van der Waals surface area contributed by atoms with Crippen LogP contribution in [0.2, 0.25) is 0 Å². The molecule has 6 heteroatoms. The van der Waals surface area contributed by atoms with Gasteiger partial charge in [-0.3, -0.25) is 9.59 Å². The summed E-state index contributed by atoms with van der Waals surface area (Å²) in [5.41, 5.74) is 1.97. The van der Waals surface area contributed by atoms with E-state index >= 15 is 0 Å². The zero-order chi connectivity index (χ0) is 18.5. The Morgan fingerprint density at radius 1 is 1.00 bits per heavy atom. The number of nitrogens with zero attached hydrogens (tertiary/aromatic N) is 1. The van der Waals surface area contributed by atoms with E-state index in [1.54, 1.807) is 49.5 Å². The fourth-order valence-corrected chi connectivity index (χ4v) is 2.99. The van der Waals surface area contributed by atoms with Crippen LogP contribution in [0.3, 0.4) is 0 Å². The van der Waals surface area contributed by atoms with E-state index < -0.39 is 0 Å². The second-order valence-corrected chi connectivity index (χ2v) is 6.07. The molecule has 0 spiro atoms. The molecule has 0 radical (unpaired) electrons. The van der Waals surface area contributed by atoms with Gasteiger partial charge in [0, 0.05) is 36.0 Å². The topological polar surface area (TPSA) is 67.9 Å². The predicted molar refractivity (Wildman–Crippen MR) is 100 cm³/mol. The lowest BCUT2D eigenvalue weighted by Gasteiger charge is -2.26. The third kappa shape index (κ3) is 3.79. The summed E-state index contributed by atoms with van der Waals surface area (Å²) in [6, 6.07) is 12.3. The van der Waals surface area contributed by atoms with Gasteiger partial charge in [0.2, 0.25) is 5.91 Å². The van der Waals surface area contributed by atoms with Gasteiger partial charge < -0.3 is 19.7 Å². The summed E-state index contributed by atoms with van der Waals surface area (Å²) in [6.45, 7) is 0.732. The average Bonchev–Trinajstić information content (AvgIpc) is 2.68. The number of carbonyl (C=O) groups is 2. The molecule has 0 unspecified atom stereocenters. The van der Waals surface area contributed by atoms with Crippen molar-refractivity contribution in [2.75, 3.05) is 31.0 Å². The van der Waals surface area contributed by atoms with E-state index in [1.807, 2.05) is 12.1 Å². The zero-order valence-corrected chi connectivity index (χ0v) is 15.0. The standard InChI is InChI=1S/C20H22N2O4/c1-25-17-11-8-15(13-18(17)26-2)21-20(24)14-6-9-16(10-7-14)22-12-4-3-5-19(22)23/h6-11,13H,3-5,12H2,1-2H3,(H,21,24). The number of rotatable bonds is 5. The summed E-state index contributed by atoms with van der Waals surface area (Å²) >= 11 is 0. The quantitative estimate of drug-likeness (QED) is 0.893. The highest BCUT2D eigenvalue weighted by atomic mass is 16.5. The monoisotopic (exact) mass is 354 g/mol. The van der Waals surface area contributed by atoms with Crippen molar-refractivity contribution in [2.45, 2.75) is 19.3 Å². The average molecular weight is 354 g/mol. The second-order valence-electron chi connectivity index (χ2n) is 6.07. The van der Waals surface area contributed by atoms with E-state index in [4.69, 9.17) is 9.47 Å². The van der Waals surface area contributed by atoms with Gasteiger partial charge in [-0.1, -0.05) is 0 Å². The van der Waals surface area contributed by atoms with Gasteiger partial charge in [0.1, 0.15) is 0 Å². The van der Waals surface area contributed by atoms with Gasteiger partial charge in [-0.15, -0.1) is 0 Å². The van der Waals surface area contributed by atoms with Gasteiger partial charge in [-0.2, -0.15) is 0 Å². The first-order valence-corrected chi connectivity index (χ1v) is 8.56. The molecular weight excluding hydrogens is 332 g/mol. The number of nitrogens with one attached hydrogen (secondary N) is 1. The first-order valence-electron chi connectivity index (χ1n) is 8.56. The smallest absolute Gasteiger partial charge is 0.255 e. The van der Waals surface area contributed by atoms with E-state index in [9.17, 15) is 9.59 Å². The van der Waals surface area contributed by atoms with Crippen LogP contribution in [-0.2, 0) is 4.79 Å². The summed E-state index contributed by atoms with van der Waals surface area (Å²) in [7, 11) is 3.11. The number of ether oxygens (including phenoxy) is 2. The van der Waals surface area contributed by atoms with E-state index in [2.05, 4.69) is 5.32 Å². The Labute approximate surface area is 152 Å². The minimum atomic E-state index is -0.228. The number of hydrogen-bond acceptors (Lipinski definition) is 4. The first kappa shape index (κ1) is 17.8. The second kappa shape index (κ2) is 7.91. The van der Waals surface area contributed by atoms with Crippen LogP contribution in [0.5, 0.6) is 11.5 Å². The van der Waals surface area contributed by atoms with Crippen LogP contribution < -0.4 is 19.7 Å². The highest BCUT2D eigenvalue weighted by molar-refractivity contribution is 6.05. The van der Waals surface area contributed by atoms with Crippen molar-refractivity contribution < 1.29 is 19.1 Å². The van der Waals surface area contributed by atoms with Gasteiger partial charge in [-0.05, 0) is 49.2 Å². The maximum Gasteiger partial charge on any atom is 0.255 e. The van der Waals surface area contributed by atoms with Crippen LogP contribution in [0, 0.1) is 0 Å². The van der Waals surface area contributed by atoms with Gasteiger partial charge in [0.05, 0.1) is 14.2 Å². The Kier molecular flexibility index (Phi) is 5.41. The van der Waals surface area contributed by atoms with Crippen LogP contribution in [-0.4, -0.2) is 32.6 Å². The molecule has 1 fully saturated rings. The Morgan fingerprint density at radius 3 is 2.38 bits per heavy atom. The molecule has 2 aromatic carbocycles. The summed E-state index contributed by atoms with van der Waals surface area (Å²) in [5, 5.41) is 2.84. The van der Waals surface area contributed by atoms with Gasteiger partial charge in [-0.25, -0.2) is 0 Å². The molecule has 1 saturated heterocycles. The number of hydrogen-bond donors (Lipinski definition) is 1. The van der Waals surface area contributed by atoms with Crippen molar-refractivity contribution in [1.82, 2.24) is 0 Å². The molecule has 2 amide bonds. The lowest BCUT2D eigenvalue weighted by Crippen LogP contribution is -2.35. The molecule has 26 heavy (non-hydrogen) atoms. The van der Waals surface area contributed by atoms with Gasteiger partial charge in [0.15, 0.2) is 11.5 Å². The van der Waals surface area contributed by atoms with E-state index in [0.29, 0.717) is 29.2 Å². The first-order chi connectivity index (χ1) is 12.6. The molecule has 6 nitrogen and oxygen atoms in total.